The van der Waals surface area contributed by atoms with Gasteiger partial charge < -0.3 is 9.47 Å². The molecule has 1 saturated heterocycles. The predicted octanol–water partition coefficient (Wildman–Crippen LogP) is 3.49. The van der Waals surface area contributed by atoms with E-state index in [1.165, 1.54) is 0 Å². The van der Waals surface area contributed by atoms with Crippen LogP contribution in [0.5, 0.6) is 0 Å². The van der Waals surface area contributed by atoms with Gasteiger partial charge in [0.15, 0.2) is 6.29 Å². The zero-order valence-electron chi connectivity index (χ0n) is 12.0. The molecule has 2 rings (SSSR count). The van der Waals surface area contributed by atoms with Crippen molar-refractivity contribution in [2.75, 3.05) is 13.2 Å². The normalized spacial score (nSPS) is 25.6. The molecule has 0 bridgehead atoms. The molecule has 1 aliphatic carbocycles. The Balaban J connectivity index is 1.90. The van der Waals surface area contributed by atoms with Gasteiger partial charge in [0, 0.05) is 11.6 Å². The van der Waals surface area contributed by atoms with Crippen LogP contribution >= 0.6 is 0 Å². The third kappa shape index (κ3) is 4.44. The molecule has 2 aliphatic rings. The number of hydrogen-bond donors (Lipinski definition) is 0. The lowest BCUT2D eigenvalue weighted by molar-refractivity contribution is -0.0697. The molecule has 0 spiro atoms. The molecule has 1 unspecified atom stereocenters. The van der Waals surface area contributed by atoms with E-state index in [-0.39, 0.29) is 6.29 Å². The van der Waals surface area contributed by atoms with Gasteiger partial charge in [-0.2, -0.15) is 0 Å². The number of hydrogen-bond acceptors (Lipinski definition) is 3. The zero-order valence-corrected chi connectivity index (χ0v) is 12.0. The van der Waals surface area contributed by atoms with Crippen LogP contribution in [0.1, 0.15) is 27.2 Å². The third-order valence-electron chi connectivity index (χ3n) is 3.14. The molecule has 19 heavy (non-hydrogen) atoms. The number of nitrogens with zero attached hydrogens (tertiary/aromatic N) is 1. The molecule has 0 radical (unpaired) electrons. The van der Waals surface area contributed by atoms with Gasteiger partial charge in [0.1, 0.15) is 0 Å². The molecule has 1 atom stereocenters. The van der Waals surface area contributed by atoms with Crippen molar-refractivity contribution in [2.45, 2.75) is 33.5 Å². The third-order valence-corrected chi connectivity index (χ3v) is 3.14. The van der Waals surface area contributed by atoms with Gasteiger partial charge in [-0.15, -0.1) is 0 Å². The highest BCUT2D eigenvalue weighted by Gasteiger charge is 2.25. The number of rotatable bonds is 4. The first kappa shape index (κ1) is 14.2. The second-order valence-corrected chi connectivity index (χ2v) is 5.35. The van der Waals surface area contributed by atoms with Crippen molar-refractivity contribution in [3.05, 3.63) is 36.1 Å². The van der Waals surface area contributed by atoms with Crippen LogP contribution in [0.3, 0.4) is 0 Å². The summed E-state index contributed by atoms with van der Waals surface area (Å²) in [5.41, 5.74) is 2.07. The molecule has 1 heterocycles. The maximum absolute atomic E-state index is 5.52. The molecule has 3 nitrogen and oxygen atoms in total. The highest BCUT2D eigenvalue weighted by molar-refractivity contribution is 5.93. The summed E-state index contributed by atoms with van der Waals surface area (Å²) in [5, 5.41) is 0. The predicted molar refractivity (Wildman–Crippen MR) is 78.1 cm³/mol. The van der Waals surface area contributed by atoms with Crippen LogP contribution in [0.25, 0.3) is 0 Å². The van der Waals surface area contributed by atoms with Gasteiger partial charge in [-0.05, 0) is 31.4 Å². The molecule has 0 aromatic heterocycles. The molecule has 104 valence electrons. The van der Waals surface area contributed by atoms with Crippen molar-refractivity contribution in [3.63, 3.8) is 0 Å². The maximum atomic E-state index is 5.52. The van der Waals surface area contributed by atoms with Crippen molar-refractivity contribution in [1.29, 1.82) is 0 Å². The van der Waals surface area contributed by atoms with E-state index in [9.17, 15) is 0 Å². The van der Waals surface area contributed by atoms with Crippen molar-refractivity contribution in [3.8, 4) is 0 Å². The van der Waals surface area contributed by atoms with Crippen molar-refractivity contribution in [1.82, 2.24) is 0 Å². The molecule has 0 aromatic carbocycles. The second-order valence-electron chi connectivity index (χ2n) is 5.35. The Morgan fingerprint density at radius 1 is 1.37 bits per heavy atom. The summed E-state index contributed by atoms with van der Waals surface area (Å²) in [6.45, 7) is 7.78. The Bertz CT molecular complexity index is 412. The number of aliphatic imine (C=N–C) groups is 1. The summed E-state index contributed by atoms with van der Waals surface area (Å²) in [5.74, 6) is 0.884. The fraction of sp³-hybridized carbons (Fsp3) is 0.562. The highest BCUT2D eigenvalue weighted by atomic mass is 16.7. The first-order valence-corrected chi connectivity index (χ1v) is 7.00. The fourth-order valence-electron chi connectivity index (χ4n) is 2.11. The lowest BCUT2D eigenvalue weighted by atomic mass is 9.99. The largest absolute Gasteiger partial charge is 0.350 e. The average Bonchev–Trinajstić information content (AvgIpc) is 2.91. The van der Waals surface area contributed by atoms with E-state index in [0.29, 0.717) is 25.0 Å². The molecular formula is C16H23NO2. The van der Waals surface area contributed by atoms with Crippen LogP contribution in [0.15, 0.2) is 41.1 Å². The maximum Gasteiger partial charge on any atom is 0.164 e. The summed E-state index contributed by atoms with van der Waals surface area (Å²) in [4.78, 5) is 4.59. The lowest BCUT2D eigenvalue weighted by Gasteiger charge is -2.20. The Labute approximate surface area is 115 Å². The summed E-state index contributed by atoms with van der Waals surface area (Å²) in [7, 11) is 0. The van der Waals surface area contributed by atoms with E-state index in [2.05, 4.69) is 49.2 Å². The van der Waals surface area contributed by atoms with Crippen molar-refractivity contribution in [2.24, 2.45) is 16.8 Å². The van der Waals surface area contributed by atoms with Crippen LogP contribution in [0, 0.1) is 11.8 Å². The topological polar surface area (TPSA) is 30.8 Å². The van der Waals surface area contributed by atoms with Crippen molar-refractivity contribution < 1.29 is 9.47 Å². The van der Waals surface area contributed by atoms with E-state index < -0.39 is 0 Å². The minimum absolute atomic E-state index is 0.0695. The van der Waals surface area contributed by atoms with Gasteiger partial charge in [0.25, 0.3) is 0 Å². The SMILES string of the molecule is CC(/C=C\C(C)C)=NC1=CCC(C2OCCO2)C=C1. The lowest BCUT2D eigenvalue weighted by Crippen LogP contribution is -2.20. The van der Waals surface area contributed by atoms with Gasteiger partial charge >= 0.3 is 0 Å². The standard InChI is InChI=1S/C16H23NO2/c1-12(2)4-5-13(3)17-15-8-6-14(7-9-15)16-18-10-11-19-16/h4-6,8-9,12,14,16H,7,10-11H2,1-3H3/b5-4-,17-13?. The van der Waals surface area contributed by atoms with E-state index >= 15 is 0 Å². The fourth-order valence-corrected chi connectivity index (χ4v) is 2.11. The van der Waals surface area contributed by atoms with E-state index in [4.69, 9.17) is 9.47 Å². The van der Waals surface area contributed by atoms with E-state index in [1.54, 1.807) is 0 Å². The average molecular weight is 261 g/mol. The molecule has 1 fully saturated rings. The van der Waals surface area contributed by atoms with Crippen LogP contribution in [0.2, 0.25) is 0 Å². The molecular weight excluding hydrogens is 238 g/mol. The quantitative estimate of drug-likeness (QED) is 0.725. The van der Waals surface area contributed by atoms with Gasteiger partial charge in [-0.3, -0.25) is 4.99 Å². The Kier molecular flexibility index (Phi) is 5.11. The summed E-state index contributed by atoms with van der Waals surface area (Å²) in [6.07, 6.45) is 11.5. The van der Waals surface area contributed by atoms with E-state index in [1.807, 2.05) is 6.92 Å². The summed E-state index contributed by atoms with van der Waals surface area (Å²) < 4.78 is 11.0. The molecule has 0 amide bonds. The summed E-state index contributed by atoms with van der Waals surface area (Å²) >= 11 is 0. The van der Waals surface area contributed by atoms with Gasteiger partial charge in [-0.25, -0.2) is 0 Å². The Morgan fingerprint density at radius 2 is 2.11 bits per heavy atom. The van der Waals surface area contributed by atoms with Gasteiger partial charge in [0.05, 0.1) is 18.9 Å². The van der Waals surface area contributed by atoms with Crippen LogP contribution in [0.4, 0.5) is 0 Å². The summed E-state index contributed by atoms with van der Waals surface area (Å²) in [6, 6.07) is 0. The van der Waals surface area contributed by atoms with Gasteiger partial charge in [-0.1, -0.05) is 32.1 Å². The zero-order chi connectivity index (χ0) is 13.7. The van der Waals surface area contributed by atoms with Crippen LogP contribution in [-0.2, 0) is 9.47 Å². The first-order chi connectivity index (χ1) is 9.15. The Hall–Kier alpha value is -1.19. The smallest absolute Gasteiger partial charge is 0.164 e. The second kappa shape index (κ2) is 6.83. The monoisotopic (exact) mass is 261 g/mol. The minimum atomic E-state index is -0.0695. The Morgan fingerprint density at radius 3 is 2.68 bits per heavy atom. The number of allylic oxidation sites excluding steroid dienone is 4. The molecule has 0 N–H and O–H groups in total. The molecule has 1 aliphatic heterocycles. The number of ether oxygens (including phenoxy) is 2. The van der Waals surface area contributed by atoms with Crippen molar-refractivity contribution >= 4 is 5.71 Å². The molecule has 0 saturated carbocycles. The minimum Gasteiger partial charge on any atom is -0.350 e. The van der Waals surface area contributed by atoms with E-state index in [0.717, 1.165) is 17.8 Å². The molecule has 3 heteroatoms. The van der Waals surface area contributed by atoms with Crippen LogP contribution in [-0.4, -0.2) is 25.2 Å². The highest BCUT2D eigenvalue weighted by Crippen LogP contribution is 2.25. The molecule has 0 aromatic rings. The van der Waals surface area contributed by atoms with Crippen LogP contribution < -0.4 is 0 Å². The first-order valence-electron chi connectivity index (χ1n) is 7.00. The van der Waals surface area contributed by atoms with Gasteiger partial charge in [0.2, 0.25) is 0 Å².